The van der Waals surface area contributed by atoms with Crippen LogP contribution in [-0.2, 0) is 6.54 Å². The lowest BCUT2D eigenvalue weighted by molar-refractivity contribution is 0.161. The van der Waals surface area contributed by atoms with E-state index in [-0.39, 0.29) is 0 Å². The largest absolute Gasteiger partial charge is 0.493 e. The Kier molecular flexibility index (Phi) is 3.01. The number of ether oxygens (including phenoxy) is 1. The normalized spacial score (nSPS) is 15.5. The van der Waals surface area contributed by atoms with Crippen LogP contribution in [0.2, 0.25) is 0 Å². The quantitative estimate of drug-likeness (QED) is 0.702. The molecule has 0 aliphatic heterocycles. The summed E-state index contributed by atoms with van der Waals surface area (Å²) in [6.45, 7) is 1.29. The minimum absolute atomic E-state index is 0.459. The molecule has 14 heavy (non-hydrogen) atoms. The van der Waals surface area contributed by atoms with E-state index in [1.54, 1.807) is 0 Å². The summed E-state index contributed by atoms with van der Waals surface area (Å²) in [6, 6.07) is 7.79. The zero-order valence-corrected chi connectivity index (χ0v) is 8.07. The number of hydrogen-bond donors (Lipinski definition) is 2. The summed E-state index contributed by atoms with van der Waals surface area (Å²) in [4.78, 5) is 0. The van der Waals surface area contributed by atoms with E-state index in [1.165, 1.54) is 12.8 Å². The molecule has 0 bridgehead atoms. The molecule has 2 N–H and O–H groups in total. The third-order valence-corrected chi connectivity index (χ3v) is 2.36. The Morgan fingerprint density at radius 1 is 1.43 bits per heavy atom. The summed E-state index contributed by atoms with van der Waals surface area (Å²) in [6.07, 6.45) is 2.61. The van der Waals surface area contributed by atoms with Crippen LogP contribution in [0.1, 0.15) is 18.4 Å². The molecular formula is C11H15NO2. The molecule has 0 saturated heterocycles. The standard InChI is InChI=1S/C11H15NO2/c13-12-7-10-2-1-3-11(6-10)14-8-9-4-5-9/h1-3,6,9,12-13H,4-5,7-8H2. The molecule has 0 radical (unpaired) electrons. The van der Waals surface area contributed by atoms with Crippen LogP contribution in [0, 0.1) is 5.92 Å². The maximum Gasteiger partial charge on any atom is 0.119 e. The van der Waals surface area contributed by atoms with Crippen molar-refractivity contribution >= 4 is 0 Å². The molecule has 1 fully saturated rings. The van der Waals surface area contributed by atoms with Crippen molar-refractivity contribution in [1.29, 1.82) is 0 Å². The van der Waals surface area contributed by atoms with Gasteiger partial charge in [-0.1, -0.05) is 12.1 Å². The minimum atomic E-state index is 0.459. The van der Waals surface area contributed by atoms with Crippen LogP contribution in [-0.4, -0.2) is 11.8 Å². The lowest BCUT2D eigenvalue weighted by Gasteiger charge is -2.06. The topological polar surface area (TPSA) is 41.5 Å². The second-order valence-corrected chi connectivity index (χ2v) is 3.74. The van der Waals surface area contributed by atoms with E-state index in [9.17, 15) is 0 Å². The smallest absolute Gasteiger partial charge is 0.119 e. The van der Waals surface area contributed by atoms with Crippen molar-refractivity contribution in [3.05, 3.63) is 29.8 Å². The second-order valence-electron chi connectivity index (χ2n) is 3.74. The average Bonchev–Trinajstić information content (AvgIpc) is 2.99. The first kappa shape index (κ1) is 9.49. The van der Waals surface area contributed by atoms with E-state index in [0.29, 0.717) is 6.54 Å². The van der Waals surface area contributed by atoms with Crippen molar-refractivity contribution in [1.82, 2.24) is 5.48 Å². The molecule has 1 aromatic rings. The maximum atomic E-state index is 8.55. The van der Waals surface area contributed by atoms with Gasteiger partial charge in [0.2, 0.25) is 0 Å². The summed E-state index contributed by atoms with van der Waals surface area (Å²) >= 11 is 0. The number of benzene rings is 1. The van der Waals surface area contributed by atoms with Gasteiger partial charge in [0.1, 0.15) is 5.75 Å². The van der Waals surface area contributed by atoms with Gasteiger partial charge in [-0.05, 0) is 36.5 Å². The van der Waals surface area contributed by atoms with Gasteiger partial charge in [-0.3, -0.25) is 0 Å². The molecule has 0 spiro atoms. The predicted molar refractivity (Wildman–Crippen MR) is 53.3 cm³/mol. The Morgan fingerprint density at radius 3 is 3.00 bits per heavy atom. The number of hydrogen-bond acceptors (Lipinski definition) is 3. The number of nitrogens with one attached hydrogen (secondary N) is 1. The fraction of sp³-hybridized carbons (Fsp3) is 0.455. The van der Waals surface area contributed by atoms with Gasteiger partial charge in [0, 0.05) is 6.54 Å². The molecule has 76 valence electrons. The molecule has 3 nitrogen and oxygen atoms in total. The maximum absolute atomic E-state index is 8.55. The summed E-state index contributed by atoms with van der Waals surface area (Å²) in [5, 5.41) is 8.55. The Bertz CT molecular complexity index is 297. The molecule has 1 aromatic carbocycles. The molecular weight excluding hydrogens is 178 g/mol. The van der Waals surface area contributed by atoms with E-state index >= 15 is 0 Å². The van der Waals surface area contributed by atoms with Crippen molar-refractivity contribution in [3.8, 4) is 5.75 Å². The molecule has 0 amide bonds. The van der Waals surface area contributed by atoms with Crippen LogP contribution < -0.4 is 10.2 Å². The Labute approximate surface area is 83.7 Å². The molecule has 0 aromatic heterocycles. The van der Waals surface area contributed by atoms with E-state index in [1.807, 2.05) is 24.3 Å². The molecule has 0 atom stereocenters. The van der Waals surface area contributed by atoms with Crippen molar-refractivity contribution in [3.63, 3.8) is 0 Å². The van der Waals surface area contributed by atoms with Gasteiger partial charge in [0.25, 0.3) is 0 Å². The molecule has 0 heterocycles. The summed E-state index contributed by atoms with van der Waals surface area (Å²) in [5.41, 5.74) is 3.16. The average molecular weight is 193 g/mol. The van der Waals surface area contributed by atoms with E-state index < -0.39 is 0 Å². The zero-order valence-electron chi connectivity index (χ0n) is 8.07. The highest BCUT2D eigenvalue weighted by Crippen LogP contribution is 2.29. The van der Waals surface area contributed by atoms with Gasteiger partial charge in [-0.15, -0.1) is 0 Å². The van der Waals surface area contributed by atoms with Gasteiger partial charge in [0.15, 0.2) is 0 Å². The monoisotopic (exact) mass is 193 g/mol. The van der Waals surface area contributed by atoms with Gasteiger partial charge >= 0.3 is 0 Å². The summed E-state index contributed by atoms with van der Waals surface area (Å²) < 4.78 is 5.61. The number of rotatable bonds is 5. The third kappa shape index (κ3) is 2.72. The Morgan fingerprint density at radius 2 is 2.29 bits per heavy atom. The van der Waals surface area contributed by atoms with Gasteiger partial charge in [-0.2, -0.15) is 0 Å². The first-order valence-electron chi connectivity index (χ1n) is 4.97. The fourth-order valence-electron chi connectivity index (χ4n) is 1.34. The van der Waals surface area contributed by atoms with Crippen LogP contribution in [0.5, 0.6) is 5.75 Å². The third-order valence-electron chi connectivity index (χ3n) is 2.36. The minimum Gasteiger partial charge on any atom is -0.493 e. The van der Waals surface area contributed by atoms with Gasteiger partial charge in [-0.25, -0.2) is 5.48 Å². The van der Waals surface area contributed by atoms with Gasteiger partial charge < -0.3 is 9.94 Å². The van der Waals surface area contributed by atoms with Crippen LogP contribution in [0.25, 0.3) is 0 Å². The Hall–Kier alpha value is -1.06. The van der Waals surface area contributed by atoms with Crippen molar-refractivity contribution in [2.45, 2.75) is 19.4 Å². The SMILES string of the molecule is ONCc1cccc(OCC2CC2)c1. The number of hydroxylamine groups is 1. The van der Waals surface area contributed by atoms with Crippen molar-refractivity contribution in [2.24, 2.45) is 5.92 Å². The highest BCUT2D eigenvalue weighted by atomic mass is 16.5. The van der Waals surface area contributed by atoms with E-state index in [0.717, 1.165) is 23.8 Å². The molecule has 1 aliphatic carbocycles. The Balaban J connectivity index is 1.90. The predicted octanol–water partition coefficient (Wildman–Crippen LogP) is 1.95. The molecule has 1 saturated carbocycles. The van der Waals surface area contributed by atoms with E-state index in [2.05, 4.69) is 5.48 Å². The van der Waals surface area contributed by atoms with Crippen molar-refractivity contribution < 1.29 is 9.94 Å². The fourth-order valence-corrected chi connectivity index (χ4v) is 1.34. The van der Waals surface area contributed by atoms with Crippen molar-refractivity contribution in [2.75, 3.05) is 6.61 Å². The lowest BCUT2D eigenvalue weighted by Crippen LogP contribution is -2.06. The summed E-state index contributed by atoms with van der Waals surface area (Å²) in [5.74, 6) is 1.67. The van der Waals surface area contributed by atoms with Gasteiger partial charge in [0.05, 0.1) is 6.61 Å². The molecule has 1 aliphatic rings. The zero-order chi connectivity index (χ0) is 9.80. The highest BCUT2D eigenvalue weighted by Gasteiger charge is 2.21. The molecule has 3 heteroatoms. The van der Waals surface area contributed by atoms with Crippen LogP contribution in [0.4, 0.5) is 0 Å². The van der Waals surface area contributed by atoms with Crippen LogP contribution >= 0.6 is 0 Å². The van der Waals surface area contributed by atoms with E-state index in [4.69, 9.17) is 9.94 Å². The summed E-state index contributed by atoms with van der Waals surface area (Å²) in [7, 11) is 0. The highest BCUT2D eigenvalue weighted by molar-refractivity contribution is 5.28. The first-order valence-corrected chi connectivity index (χ1v) is 4.97. The molecule has 2 rings (SSSR count). The second kappa shape index (κ2) is 4.44. The van der Waals surface area contributed by atoms with Crippen LogP contribution in [0.3, 0.4) is 0 Å². The lowest BCUT2D eigenvalue weighted by atomic mass is 10.2. The first-order chi connectivity index (χ1) is 6.88. The molecule has 0 unspecified atom stereocenters. The van der Waals surface area contributed by atoms with Crippen LogP contribution in [0.15, 0.2) is 24.3 Å².